The third-order valence-electron chi connectivity index (χ3n) is 4.26. The SMILES string of the molecule is Cc1nc([C@@H]2CCCN2C(=O)c2cc3c(C)nn(C)c3s2)no1. The third-order valence-corrected chi connectivity index (χ3v) is 5.45. The van der Waals surface area contributed by atoms with Crippen molar-refractivity contribution in [1.82, 2.24) is 24.8 Å². The first-order valence-corrected chi connectivity index (χ1v) is 8.40. The molecule has 0 aromatic carbocycles. The fourth-order valence-electron chi connectivity index (χ4n) is 3.18. The molecule has 0 bridgehead atoms. The van der Waals surface area contributed by atoms with Crippen LogP contribution in [0.5, 0.6) is 0 Å². The van der Waals surface area contributed by atoms with Crippen LogP contribution in [0.15, 0.2) is 10.6 Å². The van der Waals surface area contributed by atoms with E-state index < -0.39 is 0 Å². The molecular formula is C15H17N5O2S. The van der Waals surface area contributed by atoms with Crippen LogP contribution < -0.4 is 0 Å². The summed E-state index contributed by atoms with van der Waals surface area (Å²) in [7, 11) is 1.90. The van der Waals surface area contributed by atoms with Crippen molar-refractivity contribution in [3.8, 4) is 0 Å². The van der Waals surface area contributed by atoms with Crippen molar-refractivity contribution >= 4 is 27.5 Å². The molecule has 1 fully saturated rings. The quantitative estimate of drug-likeness (QED) is 0.721. The Morgan fingerprint density at radius 1 is 1.43 bits per heavy atom. The first-order chi connectivity index (χ1) is 11.0. The summed E-state index contributed by atoms with van der Waals surface area (Å²) in [4.78, 5) is 20.9. The van der Waals surface area contributed by atoms with E-state index in [1.807, 2.05) is 29.6 Å². The van der Waals surface area contributed by atoms with Gasteiger partial charge in [-0.2, -0.15) is 10.1 Å². The molecule has 1 aliphatic heterocycles. The Labute approximate surface area is 136 Å². The molecule has 1 aliphatic rings. The van der Waals surface area contributed by atoms with Gasteiger partial charge in [-0.25, -0.2) is 0 Å². The number of carbonyl (C=O) groups is 1. The molecule has 0 unspecified atom stereocenters. The molecular weight excluding hydrogens is 314 g/mol. The van der Waals surface area contributed by atoms with Gasteiger partial charge in [0.1, 0.15) is 4.83 Å². The summed E-state index contributed by atoms with van der Waals surface area (Å²) in [5.74, 6) is 1.17. The van der Waals surface area contributed by atoms with Gasteiger partial charge in [-0.3, -0.25) is 9.48 Å². The van der Waals surface area contributed by atoms with E-state index in [-0.39, 0.29) is 11.9 Å². The minimum Gasteiger partial charge on any atom is -0.340 e. The van der Waals surface area contributed by atoms with E-state index in [4.69, 9.17) is 4.52 Å². The van der Waals surface area contributed by atoms with Crippen molar-refractivity contribution in [2.45, 2.75) is 32.7 Å². The molecule has 1 amide bonds. The molecule has 23 heavy (non-hydrogen) atoms. The van der Waals surface area contributed by atoms with Gasteiger partial charge in [-0.1, -0.05) is 5.16 Å². The number of fused-ring (bicyclic) bond motifs is 1. The predicted octanol–water partition coefficient (Wildman–Crippen LogP) is 2.61. The maximum absolute atomic E-state index is 12.9. The van der Waals surface area contributed by atoms with Crippen LogP contribution in [0.4, 0.5) is 0 Å². The molecule has 0 N–H and O–H groups in total. The summed E-state index contributed by atoms with van der Waals surface area (Å²) < 4.78 is 6.90. The summed E-state index contributed by atoms with van der Waals surface area (Å²) in [6.07, 6.45) is 1.83. The van der Waals surface area contributed by atoms with E-state index >= 15 is 0 Å². The third kappa shape index (κ3) is 2.24. The Balaban J connectivity index is 1.67. The second kappa shape index (κ2) is 5.16. The van der Waals surface area contributed by atoms with E-state index in [0.29, 0.717) is 11.7 Å². The standard InChI is InChI=1S/C15H17N5O2S/c1-8-10-7-12(23-15(10)19(3)17-8)14(21)20-6-4-5-11(20)13-16-9(2)22-18-13/h7,11H,4-6H2,1-3H3/t11-/m0/s1. The first-order valence-electron chi connectivity index (χ1n) is 7.59. The number of carbonyl (C=O) groups excluding carboxylic acids is 1. The lowest BCUT2D eigenvalue weighted by Crippen LogP contribution is -2.30. The fraction of sp³-hybridized carbons (Fsp3) is 0.467. The Morgan fingerprint density at radius 3 is 2.96 bits per heavy atom. The Kier molecular flexibility index (Phi) is 3.22. The number of hydrogen-bond acceptors (Lipinski definition) is 6. The number of aryl methyl sites for hydroxylation is 3. The number of nitrogens with zero attached hydrogens (tertiary/aromatic N) is 5. The van der Waals surface area contributed by atoms with Crippen LogP contribution in [0.25, 0.3) is 10.2 Å². The molecule has 1 saturated heterocycles. The highest BCUT2D eigenvalue weighted by atomic mass is 32.1. The van der Waals surface area contributed by atoms with Crippen LogP contribution in [0.2, 0.25) is 0 Å². The Morgan fingerprint density at radius 2 is 2.26 bits per heavy atom. The smallest absolute Gasteiger partial charge is 0.264 e. The predicted molar refractivity (Wildman–Crippen MR) is 85.4 cm³/mol. The number of thiophene rings is 1. The number of aromatic nitrogens is 4. The molecule has 120 valence electrons. The zero-order chi connectivity index (χ0) is 16.1. The highest BCUT2D eigenvalue weighted by Crippen LogP contribution is 2.34. The van der Waals surface area contributed by atoms with Crippen molar-refractivity contribution in [1.29, 1.82) is 0 Å². The highest BCUT2D eigenvalue weighted by molar-refractivity contribution is 7.20. The number of likely N-dealkylation sites (tertiary alicyclic amines) is 1. The lowest BCUT2D eigenvalue weighted by atomic mass is 10.2. The Hall–Kier alpha value is -2.22. The second-order valence-corrected chi connectivity index (χ2v) is 6.90. The van der Waals surface area contributed by atoms with Crippen LogP contribution in [-0.2, 0) is 7.05 Å². The van der Waals surface area contributed by atoms with Gasteiger partial charge >= 0.3 is 0 Å². The minimum absolute atomic E-state index is 0.0375. The van der Waals surface area contributed by atoms with Gasteiger partial charge in [-0.05, 0) is 25.8 Å². The van der Waals surface area contributed by atoms with Crippen LogP contribution in [0, 0.1) is 13.8 Å². The molecule has 0 radical (unpaired) electrons. The van der Waals surface area contributed by atoms with Crippen LogP contribution in [0.1, 0.15) is 46.0 Å². The molecule has 4 heterocycles. The summed E-state index contributed by atoms with van der Waals surface area (Å²) in [5.41, 5.74) is 0.949. The molecule has 1 atom stereocenters. The van der Waals surface area contributed by atoms with Gasteiger partial charge in [-0.15, -0.1) is 11.3 Å². The molecule has 0 spiro atoms. The summed E-state index contributed by atoms with van der Waals surface area (Å²) >= 11 is 1.49. The van der Waals surface area contributed by atoms with Crippen molar-refractivity contribution in [3.63, 3.8) is 0 Å². The molecule has 0 saturated carbocycles. The summed E-state index contributed by atoms with van der Waals surface area (Å²) in [6, 6.07) is 1.85. The average molecular weight is 331 g/mol. The number of amides is 1. The van der Waals surface area contributed by atoms with Crippen molar-refractivity contribution in [2.75, 3.05) is 6.54 Å². The van der Waals surface area contributed by atoms with E-state index in [1.165, 1.54) is 11.3 Å². The van der Waals surface area contributed by atoms with Crippen molar-refractivity contribution < 1.29 is 9.32 Å². The van der Waals surface area contributed by atoms with Crippen molar-refractivity contribution in [2.24, 2.45) is 7.05 Å². The second-order valence-electron chi connectivity index (χ2n) is 5.87. The Bertz CT molecular complexity index is 859. The van der Waals surface area contributed by atoms with Gasteiger partial charge in [0.05, 0.1) is 16.6 Å². The van der Waals surface area contributed by atoms with Crippen molar-refractivity contribution in [3.05, 3.63) is 28.4 Å². The summed E-state index contributed by atoms with van der Waals surface area (Å²) in [6.45, 7) is 4.45. The molecule has 8 heteroatoms. The zero-order valence-electron chi connectivity index (χ0n) is 13.2. The number of rotatable bonds is 2. The van der Waals surface area contributed by atoms with Crippen LogP contribution in [0.3, 0.4) is 0 Å². The lowest BCUT2D eigenvalue weighted by Gasteiger charge is -2.21. The van der Waals surface area contributed by atoms with Crippen LogP contribution in [-0.4, -0.2) is 37.3 Å². The normalized spacial score (nSPS) is 18.2. The highest BCUT2D eigenvalue weighted by Gasteiger charge is 2.34. The zero-order valence-corrected chi connectivity index (χ0v) is 14.1. The van der Waals surface area contributed by atoms with E-state index in [0.717, 1.165) is 40.2 Å². The average Bonchev–Trinajstić information content (AvgIpc) is 3.26. The maximum atomic E-state index is 12.9. The lowest BCUT2D eigenvalue weighted by molar-refractivity contribution is 0.0733. The molecule has 7 nitrogen and oxygen atoms in total. The molecule has 3 aromatic rings. The van der Waals surface area contributed by atoms with Gasteiger partial charge in [0.15, 0.2) is 5.82 Å². The van der Waals surface area contributed by atoms with Gasteiger partial charge in [0.2, 0.25) is 5.89 Å². The monoisotopic (exact) mass is 331 g/mol. The first kappa shape index (κ1) is 14.4. The van der Waals surface area contributed by atoms with Gasteiger partial charge in [0.25, 0.3) is 5.91 Å². The van der Waals surface area contributed by atoms with E-state index in [9.17, 15) is 4.79 Å². The van der Waals surface area contributed by atoms with Gasteiger partial charge in [0, 0.05) is 25.9 Å². The fourth-order valence-corrected chi connectivity index (χ4v) is 4.26. The largest absolute Gasteiger partial charge is 0.340 e. The van der Waals surface area contributed by atoms with E-state index in [2.05, 4.69) is 15.2 Å². The minimum atomic E-state index is -0.0932. The van der Waals surface area contributed by atoms with Crippen LogP contribution >= 0.6 is 11.3 Å². The van der Waals surface area contributed by atoms with E-state index in [1.54, 1.807) is 6.92 Å². The molecule has 4 rings (SSSR count). The molecule has 3 aromatic heterocycles. The summed E-state index contributed by atoms with van der Waals surface area (Å²) in [5, 5.41) is 9.43. The number of hydrogen-bond donors (Lipinski definition) is 0. The molecule has 0 aliphatic carbocycles. The maximum Gasteiger partial charge on any atom is 0.264 e. The topological polar surface area (TPSA) is 77.1 Å². The van der Waals surface area contributed by atoms with Gasteiger partial charge < -0.3 is 9.42 Å².